The van der Waals surface area contributed by atoms with Crippen molar-refractivity contribution in [2.75, 3.05) is 25.1 Å². The van der Waals surface area contributed by atoms with Crippen molar-refractivity contribution in [3.8, 4) is 22.8 Å². The summed E-state index contributed by atoms with van der Waals surface area (Å²) in [6, 6.07) is 10.6. The van der Waals surface area contributed by atoms with Crippen LogP contribution >= 0.6 is 0 Å². The van der Waals surface area contributed by atoms with Crippen LogP contribution in [0.4, 0.5) is 11.6 Å². The molecule has 0 spiro atoms. The predicted molar refractivity (Wildman–Crippen MR) is 152 cm³/mol. The molecular weight excluding hydrogens is 506 g/mol. The van der Waals surface area contributed by atoms with E-state index in [1.807, 2.05) is 47.9 Å². The first-order valence-electron chi connectivity index (χ1n) is 13.3. The molecule has 0 bridgehead atoms. The molecule has 5 aromatic heterocycles. The summed E-state index contributed by atoms with van der Waals surface area (Å²) in [6.07, 6.45) is 9.52. The molecule has 0 radical (unpaired) electrons. The van der Waals surface area contributed by atoms with Gasteiger partial charge in [-0.3, -0.25) is 4.79 Å². The molecule has 11 heteroatoms. The summed E-state index contributed by atoms with van der Waals surface area (Å²) in [5, 5.41) is 3.51. The average Bonchev–Trinajstić information content (AvgIpc) is 3.59. The first-order chi connectivity index (χ1) is 19.4. The summed E-state index contributed by atoms with van der Waals surface area (Å²) in [6.45, 7) is 1.97. The van der Waals surface area contributed by atoms with Crippen LogP contribution in [0.2, 0.25) is 0 Å². The van der Waals surface area contributed by atoms with Crippen molar-refractivity contribution < 1.29 is 9.21 Å². The quantitative estimate of drug-likeness (QED) is 0.265. The summed E-state index contributed by atoms with van der Waals surface area (Å²) in [5.74, 6) is 0.922. The van der Waals surface area contributed by atoms with E-state index in [2.05, 4.69) is 39.3 Å². The van der Waals surface area contributed by atoms with E-state index in [1.165, 1.54) is 12.5 Å². The molecule has 11 nitrogen and oxygen atoms in total. The highest BCUT2D eigenvalue weighted by molar-refractivity contribution is 5.99. The van der Waals surface area contributed by atoms with Gasteiger partial charge in [0.25, 0.3) is 0 Å². The monoisotopic (exact) mass is 537 g/mol. The lowest BCUT2D eigenvalue weighted by molar-refractivity contribution is 0.0978. The maximum absolute atomic E-state index is 13.4. The van der Waals surface area contributed by atoms with Crippen molar-refractivity contribution in [3.63, 3.8) is 0 Å². The zero-order chi connectivity index (χ0) is 27.8. The number of nitrogens with one attached hydrogen (secondary N) is 1. The summed E-state index contributed by atoms with van der Waals surface area (Å²) in [4.78, 5) is 38.2. The number of imidazole rings is 1. The van der Waals surface area contributed by atoms with Gasteiger partial charge in [0, 0.05) is 47.8 Å². The van der Waals surface area contributed by atoms with E-state index in [-0.39, 0.29) is 29.6 Å². The number of aryl methyl sites for hydroxylation is 2. The highest BCUT2D eigenvalue weighted by atomic mass is 16.3. The Kier molecular flexibility index (Phi) is 6.72. The zero-order valence-electron chi connectivity index (χ0n) is 22.7. The van der Waals surface area contributed by atoms with Gasteiger partial charge >= 0.3 is 0 Å². The van der Waals surface area contributed by atoms with E-state index in [1.54, 1.807) is 6.20 Å². The van der Waals surface area contributed by atoms with E-state index < -0.39 is 0 Å². The van der Waals surface area contributed by atoms with Crippen molar-refractivity contribution >= 4 is 23.1 Å². The highest BCUT2D eigenvalue weighted by Crippen LogP contribution is 2.31. The standard InChI is InChI=1S/C29H31N9O2/c1-17-15-32-24-10-7-18(16-38(17)24)25-27(29-31-11-12-40-29)36-28(30)26(35-25)22(39)9-8-19-5-4-6-23(33-19)34-20-13-21(14-20)37(2)3/h4-7,10-12,15-16,20-21H,8-9,13-14H2,1-3H3,(H2,30,36)(H,33,34). The van der Waals surface area contributed by atoms with Gasteiger partial charge < -0.3 is 24.8 Å². The number of aromatic nitrogens is 6. The molecule has 5 heterocycles. The number of pyridine rings is 2. The van der Waals surface area contributed by atoms with Crippen molar-refractivity contribution in [2.45, 2.75) is 44.7 Å². The van der Waals surface area contributed by atoms with Gasteiger partial charge in [-0.2, -0.15) is 0 Å². The minimum absolute atomic E-state index is 0.0330. The molecule has 204 valence electrons. The molecule has 0 amide bonds. The fourth-order valence-corrected chi connectivity index (χ4v) is 4.98. The topological polar surface area (TPSA) is 140 Å². The third kappa shape index (κ3) is 5.03. The summed E-state index contributed by atoms with van der Waals surface area (Å²) in [7, 11) is 4.22. The van der Waals surface area contributed by atoms with Crippen LogP contribution in [0.25, 0.3) is 28.5 Å². The number of ketones is 1. The van der Waals surface area contributed by atoms with E-state index in [0.717, 1.165) is 41.3 Å². The number of nitrogens with zero attached hydrogens (tertiary/aromatic N) is 7. The molecule has 0 aliphatic heterocycles. The van der Waals surface area contributed by atoms with Crippen LogP contribution in [0, 0.1) is 6.92 Å². The van der Waals surface area contributed by atoms with Gasteiger partial charge in [-0.1, -0.05) is 6.07 Å². The average molecular weight is 538 g/mol. The van der Waals surface area contributed by atoms with E-state index >= 15 is 0 Å². The number of hydrogen-bond acceptors (Lipinski definition) is 10. The molecule has 5 aromatic rings. The Morgan fingerprint density at radius 2 is 1.98 bits per heavy atom. The van der Waals surface area contributed by atoms with E-state index in [0.29, 0.717) is 29.9 Å². The van der Waals surface area contributed by atoms with Crippen molar-refractivity contribution in [1.82, 2.24) is 34.2 Å². The second-order valence-electron chi connectivity index (χ2n) is 10.4. The molecule has 1 saturated carbocycles. The molecule has 1 aliphatic rings. The van der Waals surface area contributed by atoms with E-state index in [4.69, 9.17) is 20.1 Å². The maximum atomic E-state index is 13.4. The number of fused-ring (bicyclic) bond motifs is 1. The van der Waals surface area contributed by atoms with E-state index in [9.17, 15) is 4.79 Å². The first kappa shape index (κ1) is 25.6. The largest absolute Gasteiger partial charge is 0.443 e. The molecule has 1 fully saturated rings. The third-order valence-electron chi connectivity index (χ3n) is 7.40. The molecule has 0 aromatic carbocycles. The number of nitrogens with two attached hydrogens (primary N) is 1. The number of nitrogen functional groups attached to an aromatic ring is 1. The first-order valence-corrected chi connectivity index (χ1v) is 13.3. The number of carbonyl (C=O) groups excluding carboxylic acids is 1. The second-order valence-corrected chi connectivity index (χ2v) is 10.4. The maximum Gasteiger partial charge on any atom is 0.247 e. The van der Waals surface area contributed by atoms with Crippen LogP contribution in [0.15, 0.2) is 59.6 Å². The number of anilines is 2. The third-order valence-corrected chi connectivity index (χ3v) is 7.40. The Morgan fingerprint density at radius 1 is 1.12 bits per heavy atom. The van der Waals surface area contributed by atoms with Gasteiger partial charge in [0.05, 0.1) is 6.20 Å². The Labute approximate surface area is 231 Å². The number of rotatable bonds is 9. The molecule has 3 N–H and O–H groups in total. The molecule has 40 heavy (non-hydrogen) atoms. The zero-order valence-corrected chi connectivity index (χ0v) is 22.7. The summed E-state index contributed by atoms with van der Waals surface area (Å²) in [5.41, 5.74) is 10.5. The number of oxazole rings is 1. The molecule has 6 rings (SSSR count). The lowest BCUT2D eigenvalue weighted by Crippen LogP contribution is -2.47. The van der Waals surface area contributed by atoms with Crippen LogP contribution in [0.5, 0.6) is 0 Å². The summed E-state index contributed by atoms with van der Waals surface area (Å²) >= 11 is 0. The number of carbonyl (C=O) groups is 1. The number of Topliss-reactive ketones (excluding diaryl/α,β-unsaturated/α-hetero) is 1. The van der Waals surface area contributed by atoms with Crippen molar-refractivity contribution in [3.05, 3.63) is 72.3 Å². The fourth-order valence-electron chi connectivity index (χ4n) is 4.98. The van der Waals surface area contributed by atoms with Gasteiger partial charge in [-0.05, 0) is 64.5 Å². The Balaban J connectivity index is 1.23. The number of hydrogen-bond donors (Lipinski definition) is 2. The lowest BCUT2D eigenvalue weighted by Gasteiger charge is -2.40. The SMILES string of the molecule is Cc1cnc2ccc(-c3nc(C(=O)CCc4cccc(NC5CC(N(C)C)C5)n4)c(N)nc3-c3ncco3)cn12. The van der Waals surface area contributed by atoms with Gasteiger partial charge in [0.15, 0.2) is 17.3 Å². The van der Waals surface area contributed by atoms with Gasteiger partial charge in [0.2, 0.25) is 5.89 Å². The van der Waals surface area contributed by atoms with Gasteiger partial charge in [0.1, 0.15) is 29.1 Å². The van der Waals surface area contributed by atoms with Crippen LogP contribution in [0.3, 0.4) is 0 Å². The van der Waals surface area contributed by atoms with Crippen molar-refractivity contribution in [2.24, 2.45) is 0 Å². The Hall–Kier alpha value is -4.64. The fraction of sp³-hybridized carbons (Fsp3) is 0.310. The minimum atomic E-state index is -0.210. The van der Waals surface area contributed by atoms with Gasteiger partial charge in [-0.25, -0.2) is 24.9 Å². The molecular formula is C29H31N9O2. The smallest absolute Gasteiger partial charge is 0.247 e. The molecule has 0 saturated heterocycles. The van der Waals surface area contributed by atoms with Gasteiger partial charge in [-0.15, -0.1) is 0 Å². The summed E-state index contributed by atoms with van der Waals surface area (Å²) < 4.78 is 7.47. The Bertz CT molecular complexity index is 1670. The highest BCUT2D eigenvalue weighted by Gasteiger charge is 2.30. The lowest BCUT2D eigenvalue weighted by atomic mass is 9.86. The van der Waals surface area contributed by atoms with Crippen molar-refractivity contribution in [1.29, 1.82) is 0 Å². The minimum Gasteiger partial charge on any atom is -0.443 e. The molecule has 0 atom stereocenters. The van der Waals surface area contributed by atoms with Crippen LogP contribution < -0.4 is 11.1 Å². The molecule has 0 unspecified atom stereocenters. The normalized spacial score (nSPS) is 16.8. The predicted octanol–water partition coefficient (Wildman–Crippen LogP) is 4.05. The van der Waals surface area contributed by atoms with Crippen LogP contribution in [-0.2, 0) is 6.42 Å². The molecule has 1 aliphatic carbocycles. The second kappa shape index (κ2) is 10.5. The van der Waals surface area contributed by atoms with Crippen LogP contribution in [0.1, 0.15) is 41.1 Å². The van der Waals surface area contributed by atoms with Crippen LogP contribution in [-0.4, -0.2) is 66.2 Å². The Morgan fingerprint density at radius 3 is 2.75 bits per heavy atom.